The predicted molar refractivity (Wildman–Crippen MR) is 93.9 cm³/mol. The minimum absolute atomic E-state index is 0.0600. The molecule has 2 heterocycles. The van der Waals surface area contributed by atoms with Gasteiger partial charge in [0.15, 0.2) is 0 Å². The number of piperidine rings is 1. The van der Waals surface area contributed by atoms with Crippen molar-refractivity contribution in [1.29, 1.82) is 0 Å². The molecular weight excluding hydrogens is 351 g/mol. The lowest BCUT2D eigenvalue weighted by atomic mass is 9.97. The number of carboxylic acid groups (broad SMARTS) is 1. The minimum atomic E-state index is -0.841. The molecular formula is C17H18Cl2N2O3. The maximum absolute atomic E-state index is 13.0. The number of aromatic amines is 1. The number of rotatable bonds is 4. The normalized spacial score (nSPS) is 18.1. The molecule has 0 radical (unpaired) electrons. The molecule has 128 valence electrons. The van der Waals surface area contributed by atoms with Crippen LogP contribution in [-0.4, -0.2) is 39.5 Å². The number of nitrogens with zero attached hydrogens (tertiary/aromatic N) is 1. The van der Waals surface area contributed by atoms with Crippen LogP contribution in [-0.2, 0) is 4.79 Å². The van der Waals surface area contributed by atoms with Crippen LogP contribution in [0.2, 0.25) is 10.0 Å². The fourth-order valence-electron chi connectivity index (χ4n) is 3.28. The summed E-state index contributed by atoms with van der Waals surface area (Å²) >= 11 is 12.4. The maximum atomic E-state index is 13.0. The van der Waals surface area contributed by atoms with Gasteiger partial charge in [0, 0.05) is 34.9 Å². The Balaban J connectivity index is 1.89. The van der Waals surface area contributed by atoms with Gasteiger partial charge in [0.25, 0.3) is 5.91 Å². The SMILES string of the molecule is O=C(O)CCC1CCCCN1C(=O)c1[nH]c2ccc(Cl)cc2c1Cl. The largest absolute Gasteiger partial charge is 0.481 e. The van der Waals surface area contributed by atoms with Crippen molar-refractivity contribution in [2.45, 2.75) is 38.1 Å². The van der Waals surface area contributed by atoms with Crippen molar-refractivity contribution in [3.05, 3.63) is 33.9 Å². The molecule has 0 saturated carbocycles. The van der Waals surface area contributed by atoms with E-state index < -0.39 is 5.97 Å². The average molecular weight is 369 g/mol. The topological polar surface area (TPSA) is 73.4 Å². The van der Waals surface area contributed by atoms with Gasteiger partial charge in [0.1, 0.15) is 5.69 Å². The van der Waals surface area contributed by atoms with Crippen molar-refractivity contribution in [3.8, 4) is 0 Å². The van der Waals surface area contributed by atoms with Crippen molar-refractivity contribution in [3.63, 3.8) is 0 Å². The van der Waals surface area contributed by atoms with Crippen molar-refractivity contribution >= 4 is 46.0 Å². The zero-order valence-corrected chi connectivity index (χ0v) is 14.5. The lowest BCUT2D eigenvalue weighted by molar-refractivity contribution is -0.137. The fraction of sp³-hybridized carbons (Fsp3) is 0.412. The van der Waals surface area contributed by atoms with Gasteiger partial charge in [0.2, 0.25) is 0 Å². The highest BCUT2D eigenvalue weighted by Gasteiger charge is 2.30. The molecule has 1 unspecified atom stereocenters. The highest BCUT2D eigenvalue weighted by Crippen LogP contribution is 2.32. The summed E-state index contributed by atoms with van der Waals surface area (Å²) in [5.41, 5.74) is 1.10. The first-order chi connectivity index (χ1) is 11.5. The van der Waals surface area contributed by atoms with Gasteiger partial charge in [-0.15, -0.1) is 0 Å². The van der Waals surface area contributed by atoms with E-state index in [-0.39, 0.29) is 18.4 Å². The number of likely N-dealkylation sites (tertiary alicyclic amines) is 1. The Morgan fingerprint density at radius 1 is 1.29 bits per heavy atom. The van der Waals surface area contributed by atoms with Gasteiger partial charge >= 0.3 is 5.97 Å². The van der Waals surface area contributed by atoms with Gasteiger partial charge in [-0.2, -0.15) is 0 Å². The number of hydrogen-bond donors (Lipinski definition) is 2. The molecule has 0 aliphatic carbocycles. The lowest BCUT2D eigenvalue weighted by Crippen LogP contribution is -2.44. The first kappa shape index (κ1) is 17.1. The van der Waals surface area contributed by atoms with Crippen LogP contribution in [0.4, 0.5) is 0 Å². The van der Waals surface area contributed by atoms with Crippen LogP contribution in [0.5, 0.6) is 0 Å². The number of halogens is 2. The summed E-state index contributed by atoms with van der Waals surface area (Å²) in [6, 6.07) is 5.19. The van der Waals surface area contributed by atoms with E-state index in [1.54, 1.807) is 23.1 Å². The number of carbonyl (C=O) groups excluding carboxylic acids is 1. The van der Waals surface area contributed by atoms with E-state index in [0.29, 0.717) is 34.1 Å². The maximum Gasteiger partial charge on any atom is 0.303 e. The average Bonchev–Trinajstić information content (AvgIpc) is 2.89. The second-order valence-electron chi connectivity index (χ2n) is 6.08. The van der Waals surface area contributed by atoms with E-state index in [4.69, 9.17) is 28.3 Å². The number of amides is 1. The number of fused-ring (bicyclic) bond motifs is 1. The standard InChI is InChI=1S/C17H18Cl2N2O3/c18-10-4-6-13-12(9-10)15(19)16(20-13)17(24)21-8-2-1-3-11(21)5-7-14(22)23/h4,6,9,11,20H,1-3,5,7-8H2,(H,22,23). The van der Waals surface area contributed by atoms with Crippen LogP contribution in [0.1, 0.15) is 42.6 Å². The van der Waals surface area contributed by atoms with Gasteiger partial charge in [-0.25, -0.2) is 0 Å². The van der Waals surface area contributed by atoms with E-state index in [2.05, 4.69) is 4.98 Å². The van der Waals surface area contributed by atoms with Crippen LogP contribution in [0.15, 0.2) is 18.2 Å². The second-order valence-corrected chi connectivity index (χ2v) is 6.90. The third-order valence-corrected chi connectivity index (χ3v) is 5.12. The molecule has 3 rings (SSSR count). The Morgan fingerprint density at radius 3 is 2.83 bits per heavy atom. The molecule has 1 aromatic carbocycles. The first-order valence-corrected chi connectivity index (χ1v) is 8.72. The number of benzene rings is 1. The molecule has 1 aliphatic rings. The Hall–Kier alpha value is -1.72. The molecule has 1 fully saturated rings. The molecule has 24 heavy (non-hydrogen) atoms. The molecule has 5 nitrogen and oxygen atoms in total. The van der Waals surface area contributed by atoms with E-state index in [9.17, 15) is 9.59 Å². The molecule has 1 atom stereocenters. The Kier molecular flexibility index (Phi) is 5.01. The Morgan fingerprint density at radius 2 is 2.08 bits per heavy atom. The minimum Gasteiger partial charge on any atom is -0.481 e. The zero-order chi connectivity index (χ0) is 17.3. The molecule has 1 amide bonds. The summed E-state index contributed by atoms with van der Waals surface area (Å²) in [6.45, 7) is 0.621. The molecule has 2 N–H and O–H groups in total. The van der Waals surface area contributed by atoms with Gasteiger partial charge in [0.05, 0.1) is 5.02 Å². The third kappa shape index (κ3) is 3.37. The Bertz CT molecular complexity index is 787. The van der Waals surface area contributed by atoms with E-state index in [1.165, 1.54) is 0 Å². The smallest absolute Gasteiger partial charge is 0.303 e. The molecule has 7 heteroatoms. The number of aliphatic carboxylic acids is 1. The molecule has 0 spiro atoms. The van der Waals surface area contributed by atoms with E-state index in [1.807, 2.05) is 0 Å². The van der Waals surface area contributed by atoms with E-state index in [0.717, 1.165) is 24.8 Å². The monoisotopic (exact) mass is 368 g/mol. The van der Waals surface area contributed by atoms with Gasteiger partial charge in [-0.1, -0.05) is 23.2 Å². The molecule has 1 aromatic heterocycles. The molecule has 1 saturated heterocycles. The summed E-state index contributed by atoms with van der Waals surface area (Å²) < 4.78 is 0. The number of carbonyl (C=O) groups is 2. The fourth-order valence-corrected chi connectivity index (χ4v) is 3.74. The molecule has 1 aliphatic heterocycles. The van der Waals surface area contributed by atoms with Crippen LogP contribution in [0.3, 0.4) is 0 Å². The zero-order valence-electron chi connectivity index (χ0n) is 13.0. The van der Waals surface area contributed by atoms with Crippen LogP contribution in [0.25, 0.3) is 10.9 Å². The van der Waals surface area contributed by atoms with Crippen LogP contribution < -0.4 is 0 Å². The van der Waals surface area contributed by atoms with Crippen molar-refractivity contribution in [2.75, 3.05) is 6.54 Å². The highest BCUT2D eigenvalue weighted by atomic mass is 35.5. The molecule has 2 aromatic rings. The summed E-state index contributed by atoms with van der Waals surface area (Å²) in [7, 11) is 0. The summed E-state index contributed by atoms with van der Waals surface area (Å²) in [6.07, 6.45) is 3.26. The number of nitrogens with one attached hydrogen (secondary N) is 1. The van der Waals surface area contributed by atoms with Crippen molar-refractivity contribution in [1.82, 2.24) is 9.88 Å². The van der Waals surface area contributed by atoms with Crippen LogP contribution >= 0.6 is 23.2 Å². The summed E-state index contributed by atoms with van der Waals surface area (Å²) in [5.74, 6) is -1.02. The van der Waals surface area contributed by atoms with Gasteiger partial charge in [-0.3, -0.25) is 9.59 Å². The number of hydrogen-bond acceptors (Lipinski definition) is 2. The highest BCUT2D eigenvalue weighted by molar-refractivity contribution is 6.39. The summed E-state index contributed by atoms with van der Waals surface area (Å²) in [5, 5.41) is 10.5. The third-order valence-electron chi connectivity index (χ3n) is 4.49. The van der Waals surface area contributed by atoms with Gasteiger partial charge in [-0.05, 0) is 43.9 Å². The second kappa shape index (κ2) is 7.03. The summed E-state index contributed by atoms with van der Waals surface area (Å²) in [4.78, 5) is 28.6. The van der Waals surface area contributed by atoms with Gasteiger partial charge < -0.3 is 15.0 Å². The van der Waals surface area contributed by atoms with Crippen molar-refractivity contribution in [2.24, 2.45) is 0 Å². The van der Waals surface area contributed by atoms with E-state index >= 15 is 0 Å². The van der Waals surface area contributed by atoms with Crippen molar-refractivity contribution < 1.29 is 14.7 Å². The lowest BCUT2D eigenvalue weighted by Gasteiger charge is -2.35. The van der Waals surface area contributed by atoms with Crippen LogP contribution in [0, 0.1) is 0 Å². The number of carboxylic acids is 1. The predicted octanol–water partition coefficient (Wildman–Crippen LogP) is 4.33. The molecule has 0 bridgehead atoms. The quantitative estimate of drug-likeness (QED) is 0.842. The number of aromatic nitrogens is 1. The Labute approximate surface area is 149 Å². The number of H-pyrrole nitrogens is 1. The first-order valence-electron chi connectivity index (χ1n) is 7.97.